The molecule has 3 aliphatic rings. The number of likely N-dealkylation sites (tertiary alicyclic amines) is 2. The quantitative estimate of drug-likeness (QED) is 0.480. The van der Waals surface area contributed by atoms with Gasteiger partial charge in [0.15, 0.2) is 5.69 Å². The molecule has 234 valence electrons. The fraction of sp³-hybridized carbons (Fsp3) is 0.581. The zero-order valence-electron chi connectivity index (χ0n) is 25.1. The van der Waals surface area contributed by atoms with Crippen molar-refractivity contribution in [3.05, 3.63) is 42.1 Å². The van der Waals surface area contributed by atoms with Gasteiger partial charge in [-0.25, -0.2) is 9.78 Å². The van der Waals surface area contributed by atoms with Crippen LogP contribution in [0, 0.1) is 5.92 Å². The first-order valence-electron chi connectivity index (χ1n) is 15.2. The molecule has 0 aliphatic carbocycles. The minimum absolute atomic E-state index is 0.0630. The number of nitrogens with zero attached hydrogens (tertiary/aromatic N) is 5. The summed E-state index contributed by atoms with van der Waals surface area (Å²) < 4.78 is 46.6. The van der Waals surface area contributed by atoms with E-state index in [1.165, 1.54) is 4.90 Å². The van der Waals surface area contributed by atoms with Crippen LogP contribution >= 0.6 is 0 Å². The van der Waals surface area contributed by atoms with Crippen molar-refractivity contribution in [2.75, 3.05) is 64.4 Å². The van der Waals surface area contributed by atoms with Crippen molar-refractivity contribution in [2.45, 2.75) is 51.4 Å². The molecule has 0 saturated carbocycles. The van der Waals surface area contributed by atoms with Crippen molar-refractivity contribution in [3.8, 4) is 17.0 Å². The maximum Gasteiger partial charge on any atom is 0.408 e. The van der Waals surface area contributed by atoms with Gasteiger partial charge in [-0.05, 0) is 57.5 Å². The largest absolute Gasteiger partial charge is 0.493 e. The second-order valence-corrected chi connectivity index (χ2v) is 11.7. The monoisotopic (exact) mass is 602 g/mol. The van der Waals surface area contributed by atoms with Crippen LogP contribution in [0.2, 0.25) is 0 Å². The summed E-state index contributed by atoms with van der Waals surface area (Å²) in [6.07, 6.45) is -3.53. The molecule has 3 fully saturated rings. The Morgan fingerprint density at radius 1 is 1.05 bits per heavy atom. The predicted molar refractivity (Wildman–Crippen MR) is 158 cm³/mol. The van der Waals surface area contributed by atoms with Crippen LogP contribution in [0.3, 0.4) is 0 Å². The molecule has 3 saturated heterocycles. The maximum absolute atomic E-state index is 13.7. The summed E-state index contributed by atoms with van der Waals surface area (Å²) in [5, 5.41) is 3.07. The summed E-state index contributed by atoms with van der Waals surface area (Å²) in [4.78, 5) is 38.6. The number of pyridine rings is 1. The van der Waals surface area contributed by atoms with E-state index >= 15 is 0 Å². The Morgan fingerprint density at radius 3 is 2.51 bits per heavy atom. The first kappa shape index (κ1) is 30.9. The number of ether oxygens (including phenoxy) is 1. The summed E-state index contributed by atoms with van der Waals surface area (Å²) in [6, 6.07) is 8.82. The lowest BCUT2D eigenvalue weighted by molar-refractivity contribution is -0.170. The van der Waals surface area contributed by atoms with Gasteiger partial charge in [-0.1, -0.05) is 19.1 Å². The Labute approximate surface area is 251 Å². The number of para-hydroxylation sites is 1. The molecule has 1 aromatic carbocycles. The number of alkyl halides is 3. The third-order valence-electron chi connectivity index (χ3n) is 8.65. The normalized spacial score (nSPS) is 21.6. The van der Waals surface area contributed by atoms with Gasteiger partial charge in [0.2, 0.25) is 0 Å². The molecule has 0 radical (unpaired) electrons. The SMILES string of the molecule is CCOc1ccccc1-c1ccc(N2CCN(C(=O)N3CCC[C@H]3C(F)(F)F)C[C@H]2CC)c(C(=O)NCC2CN(C)C2)n1. The summed E-state index contributed by atoms with van der Waals surface area (Å²) in [6.45, 7) is 7.75. The van der Waals surface area contributed by atoms with Gasteiger partial charge in [0.25, 0.3) is 5.91 Å². The summed E-state index contributed by atoms with van der Waals surface area (Å²) >= 11 is 0. The highest BCUT2D eigenvalue weighted by atomic mass is 19.4. The first-order chi connectivity index (χ1) is 20.6. The number of nitrogens with one attached hydrogen (secondary N) is 1. The maximum atomic E-state index is 13.7. The van der Waals surface area contributed by atoms with E-state index in [0.717, 1.165) is 23.6 Å². The fourth-order valence-corrected chi connectivity index (χ4v) is 6.45. The molecule has 12 heteroatoms. The van der Waals surface area contributed by atoms with Crippen LogP contribution in [0.25, 0.3) is 11.3 Å². The molecular weight excluding hydrogens is 561 g/mol. The number of hydrogen-bond donors (Lipinski definition) is 1. The molecule has 43 heavy (non-hydrogen) atoms. The standard InChI is InChI=1S/C31H41F3N6O3/c1-4-22-20-38(30(42)40-14-8-11-27(40)31(32,33)34)15-16-39(22)25-13-12-24(23-9-6-7-10-26(23)43-5-2)36-28(25)29(41)35-17-21-18-37(3)19-21/h6-7,9-10,12-13,21-22,27H,4-5,8,11,14-20H2,1-3H3,(H,35,41)/t22-,27+/m1/s1. The number of aromatic nitrogens is 1. The van der Waals surface area contributed by atoms with Crippen molar-refractivity contribution in [2.24, 2.45) is 5.92 Å². The highest BCUT2D eigenvalue weighted by Crippen LogP contribution is 2.35. The molecule has 3 amide bonds. The van der Waals surface area contributed by atoms with Gasteiger partial charge >= 0.3 is 12.2 Å². The lowest BCUT2D eigenvalue weighted by Gasteiger charge is -2.44. The van der Waals surface area contributed by atoms with Gasteiger partial charge in [-0.3, -0.25) is 4.79 Å². The molecule has 3 aliphatic heterocycles. The fourth-order valence-electron chi connectivity index (χ4n) is 6.45. The molecule has 0 unspecified atom stereocenters. The number of carbonyl (C=O) groups excluding carboxylic acids is 2. The Balaban J connectivity index is 1.41. The average molecular weight is 603 g/mol. The minimum Gasteiger partial charge on any atom is -0.493 e. The van der Waals surface area contributed by atoms with Gasteiger partial charge in [-0.2, -0.15) is 13.2 Å². The van der Waals surface area contributed by atoms with Crippen molar-refractivity contribution in [3.63, 3.8) is 0 Å². The molecular formula is C31H41F3N6O3. The number of anilines is 1. The van der Waals surface area contributed by atoms with Crippen LogP contribution in [-0.4, -0.2) is 109 Å². The van der Waals surface area contributed by atoms with E-state index < -0.39 is 18.2 Å². The Bertz CT molecular complexity index is 1300. The van der Waals surface area contributed by atoms with E-state index in [0.29, 0.717) is 55.6 Å². The zero-order valence-corrected chi connectivity index (χ0v) is 25.1. The van der Waals surface area contributed by atoms with E-state index in [4.69, 9.17) is 9.72 Å². The zero-order chi connectivity index (χ0) is 30.7. The molecule has 9 nitrogen and oxygen atoms in total. The molecule has 1 aromatic heterocycles. The van der Waals surface area contributed by atoms with Crippen molar-refractivity contribution in [1.29, 1.82) is 0 Å². The molecule has 2 aromatic rings. The van der Waals surface area contributed by atoms with E-state index in [1.807, 2.05) is 57.3 Å². The smallest absolute Gasteiger partial charge is 0.408 e. The van der Waals surface area contributed by atoms with Gasteiger partial charge in [-0.15, -0.1) is 0 Å². The number of urea groups is 1. The van der Waals surface area contributed by atoms with Crippen molar-refractivity contribution < 1.29 is 27.5 Å². The van der Waals surface area contributed by atoms with Gasteiger partial charge < -0.3 is 29.7 Å². The number of hydrogen-bond acceptors (Lipinski definition) is 6. The third-order valence-corrected chi connectivity index (χ3v) is 8.65. The molecule has 4 heterocycles. The molecule has 0 bridgehead atoms. The van der Waals surface area contributed by atoms with Crippen molar-refractivity contribution >= 4 is 17.6 Å². The Morgan fingerprint density at radius 2 is 1.81 bits per heavy atom. The number of benzene rings is 1. The highest BCUT2D eigenvalue weighted by molar-refractivity contribution is 5.98. The Kier molecular flexibility index (Phi) is 9.33. The van der Waals surface area contributed by atoms with Crippen LogP contribution < -0.4 is 15.0 Å². The Hall–Kier alpha value is -3.54. The van der Waals surface area contributed by atoms with Crippen LogP contribution in [0.1, 0.15) is 43.6 Å². The number of rotatable bonds is 8. The molecule has 2 atom stereocenters. The van der Waals surface area contributed by atoms with Crippen molar-refractivity contribution in [1.82, 2.24) is 25.0 Å². The average Bonchev–Trinajstić information content (AvgIpc) is 3.49. The molecule has 1 N–H and O–H groups in total. The molecule has 0 spiro atoms. The summed E-state index contributed by atoms with van der Waals surface area (Å²) in [5.41, 5.74) is 2.31. The van der Waals surface area contributed by atoms with E-state index in [2.05, 4.69) is 15.1 Å². The minimum atomic E-state index is -4.44. The lowest BCUT2D eigenvalue weighted by Crippen LogP contribution is -2.59. The van der Waals surface area contributed by atoms with Gasteiger partial charge in [0.1, 0.15) is 11.8 Å². The topological polar surface area (TPSA) is 81.2 Å². The predicted octanol–water partition coefficient (Wildman–Crippen LogP) is 4.49. The van der Waals surface area contributed by atoms with Gasteiger partial charge in [0.05, 0.1) is 18.0 Å². The number of carbonyl (C=O) groups is 2. The second kappa shape index (κ2) is 13.0. The van der Waals surface area contributed by atoms with Crippen LogP contribution in [0.15, 0.2) is 36.4 Å². The summed E-state index contributed by atoms with van der Waals surface area (Å²) in [7, 11) is 2.04. The highest BCUT2D eigenvalue weighted by Gasteiger charge is 2.49. The van der Waals surface area contributed by atoms with E-state index in [1.54, 1.807) is 0 Å². The summed E-state index contributed by atoms with van der Waals surface area (Å²) in [5.74, 6) is 0.772. The van der Waals surface area contributed by atoms with E-state index in [-0.39, 0.29) is 43.7 Å². The van der Waals surface area contributed by atoms with E-state index in [9.17, 15) is 22.8 Å². The number of piperazine rings is 1. The molecule has 5 rings (SSSR count). The lowest BCUT2D eigenvalue weighted by atomic mass is 10.0. The van der Waals surface area contributed by atoms with Crippen LogP contribution in [0.5, 0.6) is 5.75 Å². The van der Waals surface area contributed by atoms with Crippen LogP contribution in [0.4, 0.5) is 23.7 Å². The second-order valence-electron chi connectivity index (χ2n) is 11.7. The number of halogens is 3. The number of amides is 3. The third kappa shape index (κ3) is 6.68. The van der Waals surface area contributed by atoms with Gasteiger partial charge in [0, 0.05) is 63.3 Å². The first-order valence-corrected chi connectivity index (χ1v) is 15.2. The van der Waals surface area contributed by atoms with Crippen LogP contribution in [-0.2, 0) is 0 Å².